The summed E-state index contributed by atoms with van der Waals surface area (Å²) in [6.07, 6.45) is 0.878. The van der Waals surface area contributed by atoms with Gasteiger partial charge in [-0.2, -0.15) is 0 Å². The zero-order valence-electron chi connectivity index (χ0n) is 12.2. The van der Waals surface area contributed by atoms with Crippen molar-refractivity contribution in [2.45, 2.75) is 25.9 Å². The van der Waals surface area contributed by atoms with E-state index in [9.17, 15) is 4.39 Å². The summed E-state index contributed by atoms with van der Waals surface area (Å²) in [4.78, 5) is 0. The maximum absolute atomic E-state index is 13.1. The summed E-state index contributed by atoms with van der Waals surface area (Å²) < 4.78 is 19.2. The molecule has 1 unspecified atom stereocenters. The fourth-order valence-corrected chi connectivity index (χ4v) is 2.71. The quantitative estimate of drug-likeness (QED) is 0.836. The second kappa shape index (κ2) is 7.57. The number of ether oxygens (including phenoxy) is 1. The molecule has 0 aliphatic carbocycles. The van der Waals surface area contributed by atoms with Crippen LogP contribution >= 0.6 is 15.9 Å². The number of nitrogens with one attached hydrogen (secondary N) is 1. The van der Waals surface area contributed by atoms with Gasteiger partial charge >= 0.3 is 0 Å². The summed E-state index contributed by atoms with van der Waals surface area (Å²) in [5, 5.41) is 3.45. The lowest BCUT2D eigenvalue weighted by atomic mass is 10.1. The number of halogens is 2. The Hall–Kier alpha value is -1.39. The van der Waals surface area contributed by atoms with Crippen LogP contribution < -0.4 is 10.1 Å². The van der Waals surface area contributed by atoms with E-state index in [2.05, 4.69) is 34.2 Å². The smallest absolute Gasteiger partial charge is 0.124 e. The minimum Gasteiger partial charge on any atom is -0.496 e. The molecule has 0 aliphatic heterocycles. The first-order valence-electron chi connectivity index (χ1n) is 6.89. The van der Waals surface area contributed by atoms with Crippen LogP contribution in [0.1, 0.15) is 18.1 Å². The third-order valence-corrected chi connectivity index (χ3v) is 4.11. The van der Waals surface area contributed by atoms with Gasteiger partial charge in [0.1, 0.15) is 11.6 Å². The van der Waals surface area contributed by atoms with E-state index in [0.29, 0.717) is 12.6 Å². The monoisotopic (exact) mass is 351 g/mol. The van der Waals surface area contributed by atoms with Crippen molar-refractivity contribution in [1.29, 1.82) is 0 Å². The third kappa shape index (κ3) is 4.55. The van der Waals surface area contributed by atoms with Crippen molar-refractivity contribution in [1.82, 2.24) is 5.32 Å². The van der Waals surface area contributed by atoms with E-state index in [1.54, 1.807) is 13.2 Å². The van der Waals surface area contributed by atoms with Crippen molar-refractivity contribution in [3.63, 3.8) is 0 Å². The van der Waals surface area contributed by atoms with E-state index < -0.39 is 0 Å². The fraction of sp³-hybridized carbons (Fsp3) is 0.294. The SMILES string of the molecule is COc1ccccc1CC(C)NCc1ccc(F)cc1Br. The van der Waals surface area contributed by atoms with Crippen LogP contribution in [0.25, 0.3) is 0 Å². The fourth-order valence-electron chi connectivity index (χ4n) is 2.22. The maximum atomic E-state index is 13.1. The summed E-state index contributed by atoms with van der Waals surface area (Å²) in [6, 6.07) is 13.1. The first-order chi connectivity index (χ1) is 10.1. The Morgan fingerprint density at radius 3 is 2.67 bits per heavy atom. The molecule has 2 aromatic rings. The molecule has 112 valence electrons. The molecule has 0 fully saturated rings. The van der Waals surface area contributed by atoms with Gasteiger partial charge in [0.25, 0.3) is 0 Å². The van der Waals surface area contributed by atoms with Gasteiger partial charge in [-0.05, 0) is 42.7 Å². The molecule has 2 rings (SSSR count). The molecule has 4 heteroatoms. The van der Waals surface area contributed by atoms with Gasteiger partial charge in [0.2, 0.25) is 0 Å². The van der Waals surface area contributed by atoms with Crippen LogP contribution in [-0.2, 0) is 13.0 Å². The highest BCUT2D eigenvalue weighted by Crippen LogP contribution is 2.20. The highest BCUT2D eigenvalue weighted by molar-refractivity contribution is 9.10. The molecule has 0 spiro atoms. The average Bonchev–Trinajstić information content (AvgIpc) is 2.47. The molecule has 0 heterocycles. The van der Waals surface area contributed by atoms with Gasteiger partial charge in [0.05, 0.1) is 7.11 Å². The molecule has 0 bridgehead atoms. The van der Waals surface area contributed by atoms with Crippen LogP contribution in [0.2, 0.25) is 0 Å². The van der Waals surface area contributed by atoms with Gasteiger partial charge in [0, 0.05) is 17.1 Å². The van der Waals surface area contributed by atoms with E-state index in [1.807, 2.05) is 18.2 Å². The Morgan fingerprint density at radius 1 is 1.19 bits per heavy atom. The lowest BCUT2D eigenvalue weighted by Gasteiger charge is -2.16. The Morgan fingerprint density at radius 2 is 1.95 bits per heavy atom. The maximum Gasteiger partial charge on any atom is 0.124 e. The number of para-hydroxylation sites is 1. The molecule has 0 amide bonds. The predicted molar refractivity (Wildman–Crippen MR) is 87.1 cm³/mol. The van der Waals surface area contributed by atoms with Crippen molar-refractivity contribution in [2.24, 2.45) is 0 Å². The highest BCUT2D eigenvalue weighted by atomic mass is 79.9. The van der Waals surface area contributed by atoms with Gasteiger partial charge in [-0.15, -0.1) is 0 Å². The molecule has 1 N–H and O–H groups in total. The van der Waals surface area contributed by atoms with E-state index in [0.717, 1.165) is 22.2 Å². The summed E-state index contributed by atoms with van der Waals surface area (Å²) in [7, 11) is 1.69. The molecule has 2 nitrogen and oxygen atoms in total. The number of hydrogen-bond donors (Lipinski definition) is 1. The first kappa shape index (κ1) is 16.0. The van der Waals surface area contributed by atoms with Gasteiger partial charge in [-0.3, -0.25) is 0 Å². The molecule has 21 heavy (non-hydrogen) atoms. The van der Waals surface area contributed by atoms with Crippen molar-refractivity contribution >= 4 is 15.9 Å². The molecule has 0 saturated carbocycles. The van der Waals surface area contributed by atoms with Gasteiger partial charge in [0.15, 0.2) is 0 Å². The van der Waals surface area contributed by atoms with Crippen LogP contribution in [0, 0.1) is 5.82 Å². The highest BCUT2D eigenvalue weighted by Gasteiger charge is 2.09. The van der Waals surface area contributed by atoms with Gasteiger partial charge in [-0.1, -0.05) is 40.2 Å². The first-order valence-corrected chi connectivity index (χ1v) is 7.68. The normalized spacial score (nSPS) is 12.2. The van der Waals surface area contributed by atoms with Crippen LogP contribution in [0.3, 0.4) is 0 Å². The van der Waals surface area contributed by atoms with Crippen LogP contribution in [0.4, 0.5) is 4.39 Å². The minimum atomic E-state index is -0.229. The second-order valence-electron chi connectivity index (χ2n) is 5.03. The molecular weight excluding hydrogens is 333 g/mol. The molecule has 2 aromatic carbocycles. The largest absolute Gasteiger partial charge is 0.496 e. The summed E-state index contributed by atoms with van der Waals surface area (Å²) in [5.74, 6) is 0.682. The lowest BCUT2D eigenvalue weighted by molar-refractivity contribution is 0.406. The minimum absolute atomic E-state index is 0.229. The van der Waals surface area contributed by atoms with Gasteiger partial charge < -0.3 is 10.1 Å². The number of hydrogen-bond acceptors (Lipinski definition) is 2. The molecule has 0 saturated heterocycles. The van der Waals surface area contributed by atoms with Crippen LogP contribution in [-0.4, -0.2) is 13.2 Å². The van der Waals surface area contributed by atoms with E-state index >= 15 is 0 Å². The molecular formula is C17H19BrFNO. The lowest BCUT2D eigenvalue weighted by Crippen LogP contribution is -2.27. The van der Waals surface area contributed by atoms with Gasteiger partial charge in [-0.25, -0.2) is 4.39 Å². The molecule has 0 radical (unpaired) electrons. The number of benzene rings is 2. The standard InChI is InChI=1S/C17H19BrFNO/c1-12(9-13-5-3-4-6-17(13)21-2)20-11-14-7-8-15(19)10-16(14)18/h3-8,10,12,20H,9,11H2,1-2H3. The van der Waals surface area contributed by atoms with Crippen LogP contribution in [0.5, 0.6) is 5.75 Å². The van der Waals surface area contributed by atoms with Crippen molar-refractivity contribution in [3.05, 3.63) is 63.9 Å². The van der Waals surface area contributed by atoms with Crippen molar-refractivity contribution < 1.29 is 9.13 Å². The zero-order valence-corrected chi connectivity index (χ0v) is 13.8. The van der Waals surface area contributed by atoms with E-state index in [4.69, 9.17) is 4.74 Å². The Bertz CT molecular complexity index is 603. The summed E-state index contributed by atoms with van der Waals surface area (Å²) in [6.45, 7) is 2.82. The van der Waals surface area contributed by atoms with Crippen LogP contribution in [0.15, 0.2) is 46.9 Å². The Kier molecular flexibility index (Phi) is 5.76. The molecule has 0 aliphatic rings. The second-order valence-corrected chi connectivity index (χ2v) is 5.89. The van der Waals surface area contributed by atoms with Crippen molar-refractivity contribution in [2.75, 3.05) is 7.11 Å². The van der Waals surface area contributed by atoms with Crippen molar-refractivity contribution in [3.8, 4) is 5.75 Å². The topological polar surface area (TPSA) is 21.3 Å². The van der Waals surface area contributed by atoms with E-state index in [1.165, 1.54) is 17.7 Å². The molecule has 1 atom stereocenters. The predicted octanol–water partition coefficient (Wildman–Crippen LogP) is 4.32. The number of methoxy groups -OCH3 is 1. The Balaban J connectivity index is 1.94. The summed E-state index contributed by atoms with van der Waals surface area (Å²) >= 11 is 3.39. The summed E-state index contributed by atoms with van der Waals surface area (Å²) in [5.41, 5.74) is 2.22. The molecule has 0 aromatic heterocycles. The average molecular weight is 352 g/mol. The zero-order chi connectivity index (χ0) is 15.2. The van der Waals surface area contributed by atoms with E-state index in [-0.39, 0.29) is 5.82 Å². The Labute approximate surface area is 133 Å². The number of rotatable bonds is 6. The third-order valence-electron chi connectivity index (χ3n) is 3.37.